The first-order chi connectivity index (χ1) is 8.09. The van der Waals surface area contributed by atoms with E-state index in [1.54, 1.807) is 10.4 Å². The molecule has 0 nitrogen and oxygen atoms in total. The van der Waals surface area contributed by atoms with E-state index < -0.39 is 8.80 Å². The number of rotatable bonds is 0. The van der Waals surface area contributed by atoms with E-state index in [0.29, 0.717) is 5.04 Å². The van der Waals surface area contributed by atoms with Crippen LogP contribution in [0.15, 0.2) is 48.5 Å². The molecular weight excluding hydrogens is 220 g/mol. The summed E-state index contributed by atoms with van der Waals surface area (Å²) in [6, 6.07) is 17.9. The van der Waals surface area contributed by atoms with Gasteiger partial charge in [-0.1, -0.05) is 69.3 Å². The van der Waals surface area contributed by atoms with Crippen molar-refractivity contribution >= 4 is 19.2 Å². The second-order valence-corrected chi connectivity index (χ2v) is 9.04. The molecule has 0 amide bonds. The van der Waals surface area contributed by atoms with Crippen molar-refractivity contribution in [2.75, 3.05) is 0 Å². The SMILES string of the molecule is CC(C)(C)[Si]1c2ccccc2-c2ccccc21. The Balaban J connectivity index is 2.31. The van der Waals surface area contributed by atoms with Gasteiger partial charge in [-0.05, 0) is 26.5 Å². The Morgan fingerprint density at radius 2 is 1.12 bits per heavy atom. The van der Waals surface area contributed by atoms with Crippen LogP contribution >= 0.6 is 0 Å². The molecule has 1 aliphatic heterocycles. The molecule has 0 unspecified atom stereocenters. The highest BCUT2D eigenvalue weighted by atomic mass is 28.3. The Labute approximate surface area is 105 Å². The van der Waals surface area contributed by atoms with Crippen molar-refractivity contribution in [1.82, 2.24) is 0 Å². The smallest absolute Gasteiger partial charge is 0.0623 e. The van der Waals surface area contributed by atoms with E-state index in [0.717, 1.165) is 0 Å². The summed E-state index contributed by atoms with van der Waals surface area (Å²) < 4.78 is 0. The van der Waals surface area contributed by atoms with Crippen LogP contribution in [-0.2, 0) is 0 Å². The zero-order chi connectivity index (χ0) is 12.0. The first-order valence-corrected chi connectivity index (χ1v) is 7.65. The number of hydrogen-bond donors (Lipinski definition) is 0. The number of hydrogen-bond acceptors (Lipinski definition) is 0. The van der Waals surface area contributed by atoms with Gasteiger partial charge >= 0.3 is 0 Å². The van der Waals surface area contributed by atoms with Crippen molar-refractivity contribution in [1.29, 1.82) is 0 Å². The molecule has 1 radical (unpaired) electrons. The molecule has 0 aromatic heterocycles. The maximum atomic E-state index is 2.38. The highest BCUT2D eigenvalue weighted by Gasteiger charge is 2.37. The third-order valence-electron chi connectivity index (χ3n) is 3.43. The van der Waals surface area contributed by atoms with E-state index in [-0.39, 0.29) is 0 Å². The van der Waals surface area contributed by atoms with Gasteiger partial charge in [-0.3, -0.25) is 0 Å². The molecule has 1 heteroatoms. The molecule has 3 rings (SSSR count). The summed E-state index contributed by atoms with van der Waals surface area (Å²) >= 11 is 0. The molecule has 1 aliphatic rings. The van der Waals surface area contributed by atoms with Gasteiger partial charge in [-0.15, -0.1) is 0 Å². The normalized spacial score (nSPS) is 14.5. The van der Waals surface area contributed by atoms with E-state index >= 15 is 0 Å². The van der Waals surface area contributed by atoms with Crippen molar-refractivity contribution in [3.05, 3.63) is 48.5 Å². The lowest BCUT2D eigenvalue weighted by Gasteiger charge is -2.26. The van der Waals surface area contributed by atoms with Crippen LogP contribution in [0.5, 0.6) is 0 Å². The summed E-state index contributed by atoms with van der Waals surface area (Å²) in [5.74, 6) is 0. The summed E-state index contributed by atoms with van der Waals surface area (Å²) in [6.45, 7) is 7.13. The van der Waals surface area contributed by atoms with Crippen LogP contribution in [0.1, 0.15) is 20.8 Å². The molecule has 0 aliphatic carbocycles. The molecule has 0 N–H and O–H groups in total. The molecule has 2 aromatic carbocycles. The van der Waals surface area contributed by atoms with Gasteiger partial charge in [0.05, 0.1) is 0 Å². The summed E-state index contributed by atoms with van der Waals surface area (Å²) in [4.78, 5) is 0. The molecule has 0 atom stereocenters. The standard InChI is InChI=1S/C16H17Si/c1-16(2,3)17-14-10-6-4-8-12(14)13-9-5-7-11-15(13)17/h4-11H,1-3H3. The Morgan fingerprint density at radius 1 is 0.706 bits per heavy atom. The lowest BCUT2D eigenvalue weighted by Crippen LogP contribution is -2.45. The van der Waals surface area contributed by atoms with Gasteiger partial charge in [-0.25, -0.2) is 0 Å². The lowest BCUT2D eigenvalue weighted by atomic mass is 10.1. The summed E-state index contributed by atoms with van der Waals surface area (Å²) in [7, 11) is -0.641. The molecular formula is C16H17Si. The minimum atomic E-state index is -0.641. The van der Waals surface area contributed by atoms with Gasteiger partial charge in [0.2, 0.25) is 0 Å². The fraction of sp³-hybridized carbons (Fsp3) is 0.250. The van der Waals surface area contributed by atoms with Gasteiger partial charge in [0.25, 0.3) is 0 Å². The molecule has 1 heterocycles. The topological polar surface area (TPSA) is 0 Å². The molecule has 85 valence electrons. The molecule has 0 fully saturated rings. The van der Waals surface area contributed by atoms with Gasteiger partial charge in [0.15, 0.2) is 0 Å². The van der Waals surface area contributed by atoms with Crippen molar-refractivity contribution in [3.8, 4) is 11.1 Å². The quantitative estimate of drug-likeness (QED) is 0.618. The second kappa shape index (κ2) is 3.57. The fourth-order valence-electron chi connectivity index (χ4n) is 2.83. The van der Waals surface area contributed by atoms with Gasteiger partial charge in [-0.2, -0.15) is 0 Å². The highest BCUT2D eigenvalue weighted by Crippen LogP contribution is 2.34. The highest BCUT2D eigenvalue weighted by molar-refractivity contribution is 6.91. The minimum Gasteiger partial charge on any atom is -0.0623 e. The largest absolute Gasteiger partial charge is 0.128 e. The third-order valence-corrected chi connectivity index (χ3v) is 6.88. The van der Waals surface area contributed by atoms with Crippen LogP contribution in [0.4, 0.5) is 0 Å². The summed E-state index contributed by atoms with van der Waals surface area (Å²) in [5, 5.41) is 3.55. The number of fused-ring (bicyclic) bond motifs is 3. The predicted octanol–water partition coefficient (Wildman–Crippen LogP) is 3.08. The van der Waals surface area contributed by atoms with E-state index in [9.17, 15) is 0 Å². The molecule has 0 bridgehead atoms. The maximum Gasteiger partial charge on any atom is 0.128 e. The van der Waals surface area contributed by atoms with E-state index in [2.05, 4.69) is 69.3 Å². The number of benzene rings is 2. The van der Waals surface area contributed by atoms with Crippen LogP contribution in [0.2, 0.25) is 5.04 Å². The van der Waals surface area contributed by atoms with E-state index in [1.807, 2.05) is 0 Å². The lowest BCUT2D eigenvalue weighted by molar-refractivity contribution is 0.751. The summed E-state index contributed by atoms with van der Waals surface area (Å²) in [5.41, 5.74) is 2.93. The fourth-order valence-corrected chi connectivity index (χ4v) is 6.23. The van der Waals surface area contributed by atoms with E-state index in [4.69, 9.17) is 0 Å². The Hall–Kier alpha value is -1.34. The van der Waals surface area contributed by atoms with Crippen LogP contribution in [0.25, 0.3) is 11.1 Å². The molecule has 0 saturated heterocycles. The average Bonchev–Trinajstić information content (AvgIpc) is 2.63. The first kappa shape index (κ1) is 10.8. The Kier molecular flexibility index (Phi) is 2.27. The maximum absolute atomic E-state index is 2.38. The van der Waals surface area contributed by atoms with Crippen molar-refractivity contribution in [2.24, 2.45) is 0 Å². The predicted molar refractivity (Wildman–Crippen MR) is 76.6 cm³/mol. The molecule has 0 saturated carbocycles. The van der Waals surface area contributed by atoms with Crippen LogP contribution < -0.4 is 10.4 Å². The van der Waals surface area contributed by atoms with Crippen LogP contribution in [0.3, 0.4) is 0 Å². The third kappa shape index (κ3) is 1.57. The van der Waals surface area contributed by atoms with Crippen molar-refractivity contribution < 1.29 is 0 Å². The van der Waals surface area contributed by atoms with Crippen LogP contribution in [0, 0.1) is 0 Å². The van der Waals surface area contributed by atoms with Crippen molar-refractivity contribution in [3.63, 3.8) is 0 Å². The minimum absolute atomic E-state index is 0.368. The second-order valence-electron chi connectivity index (χ2n) is 5.72. The Bertz CT molecular complexity index is 518. The zero-order valence-corrected chi connectivity index (χ0v) is 11.6. The van der Waals surface area contributed by atoms with Gasteiger partial charge in [0, 0.05) is 0 Å². The first-order valence-electron chi connectivity index (χ1n) is 6.15. The monoisotopic (exact) mass is 237 g/mol. The average molecular weight is 237 g/mol. The molecule has 0 spiro atoms. The summed E-state index contributed by atoms with van der Waals surface area (Å²) in [6.07, 6.45) is 0. The zero-order valence-electron chi connectivity index (χ0n) is 10.6. The van der Waals surface area contributed by atoms with E-state index in [1.165, 1.54) is 11.1 Å². The van der Waals surface area contributed by atoms with Gasteiger partial charge in [0.1, 0.15) is 8.80 Å². The van der Waals surface area contributed by atoms with Gasteiger partial charge < -0.3 is 0 Å². The van der Waals surface area contributed by atoms with Crippen molar-refractivity contribution in [2.45, 2.75) is 25.8 Å². The molecule has 17 heavy (non-hydrogen) atoms. The Morgan fingerprint density at radius 3 is 1.53 bits per heavy atom. The molecule has 2 aromatic rings. The van der Waals surface area contributed by atoms with Crippen LogP contribution in [-0.4, -0.2) is 8.80 Å².